The van der Waals surface area contributed by atoms with Crippen molar-refractivity contribution < 1.29 is 4.79 Å². The average molecular weight is 277 g/mol. The Hall–Kier alpha value is -1.68. The summed E-state index contributed by atoms with van der Waals surface area (Å²) in [7, 11) is 0. The smallest absolute Gasteiger partial charge is 0.267 e. The standard InChI is InChI=1S/C12H9BrN2O/c13-11-7-4-8-14-15(9-11)12(16)10-5-2-1-3-6-10/h1-9H. The number of carbonyl (C=O) groups is 1. The predicted molar refractivity (Wildman–Crippen MR) is 67.3 cm³/mol. The molecule has 0 N–H and O–H groups in total. The van der Waals surface area contributed by atoms with Crippen LogP contribution in [0.25, 0.3) is 0 Å². The van der Waals surface area contributed by atoms with Crippen LogP contribution in [0.4, 0.5) is 0 Å². The Bertz CT molecular complexity index is 477. The van der Waals surface area contributed by atoms with E-state index in [4.69, 9.17) is 0 Å². The van der Waals surface area contributed by atoms with Gasteiger partial charge >= 0.3 is 0 Å². The van der Waals surface area contributed by atoms with Gasteiger partial charge in [0.2, 0.25) is 0 Å². The van der Waals surface area contributed by atoms with Crippen LogP contribution in [0, 0.1) is 0 Å². The van der Waals surface area contributed by atoms with Crippen LogP contribution in [-0.2, 0) is 0 Å². The third-order valence-corrected chi connectivity index (χ3v) is 2.48. The molecule has 1 aromatic rings. The molecule has 1 heterocycles. The number of allylic oxidation sites excluding steroid dienone is 3. The van der Waals surface area contributed by atoms with Crippen LogP contribution in [0.2, 0.25) is 0 Å². The Morgan fingerprint density at radius 2 is 2.00 bits per heavy atom. The van der Waals surface area contributed by atoms with E-state index in [-0.39, 0.29) is 5.91 Å². The van der Waals surface area contributed by atoms with E-state index in [1.54, 1.807) is 30.6 Å². The first-order chi connectivity index (χ1) is 7.77. The molecule has 80 valence electrons. The molecule has 0 atom stereocenters. The molecule has 4 heteroatoms. The van der Waals surface area contributed by atoms with E-state index in [0.717, 1.165) is 4.48 Å². The molecule has 16 heavy (non-hydrogen) atoms. The number of nitrogens with zero attached hydrogens (tertiary/aromatic N) is 2. The summed E-state index contributed by atoms with van der Waals surface area (Å²) in [5.41, 5.74) is 0.609. The van der Waals surface area contributed by atoms with Gasteiger partial charge in [-0.2, -0.15) is 5.10 Å². The zero-order valence-electron chi connectivity index (χ0n) is 8.38. The Balaban J connectivity index is 2.26. The van der Waals surface area contributed by atoms with Gasteiger partial charge in [-0.1, -0.05) is 18.2 Å². The van der Waals surface area contributed by atoms with E-state index in [1.807, 2.05) is 24.3 Å². The number of hydrogen-bond acceptors (Lipinski definition) is 2. The first-order valence-electron chi connectivity index (χ1n) is 4.74. The average Bonchev–Trinajstić information content (AvgIpc) is 2.54. The Kier molecular flexibility index (Phi) is 3.31. The van der Waals surface area contributed by atoms with Gasteiger partial charge in [-0.25, -0.2) is 5.01 Å². The quantitative estimate of drug-likeness (QED) is 0.776. The van der Waals surface area contributed by atoms with Crippen molar-refractivity contribution in [3.05, 3.63) is 58.7 Å². The number of amides is 1. The summed E-state index contributed by atoms with van der Waals surface area (Å²) in [5.74, 6) is -0.155. The molecule has 2 rings (SSSR count). The summed E-state index contributed by atoms with van der Waals surface area (Å²) in [6.45, 7) is 0. The lowest BCUT2D eigenvalue weighted by Crippen LogP contribution is -2.20. The molecule has 0 saturated heterocycles. The molecule has 1 aliphatic rings. The molecule has 0 fully saturated rings. The molecule has 0 unspecified atom stereocenters. The lowest BCUT2D eigenvalue weighted by Gasteiger charge is -2.11. The van der Waals surface area contributed by atoms with Crippen molar-refractivity contribution in [1.82, 2.24) is 5.01 Å². The van der Waals surface area contributed by atoms with E-state index in [2.05, 4.69) is 21.0 Å². The summed E-state index contributed by atoms with van der Waals surface area (Å²) >= 11 is 3.32. The summed E-state index contributed by atoms with van der Waals surface area (Å²) in [4.78, 5) is 12.0. The number of benzene rings is 1. The second-order valence-electron chi connectivity index (χ2n) is 3.15. The molecule has 0 saturated carbocycles. The topological polar surface area (TPSA) is 32.7 Å². The normalized spacial score (nSPS) is 14.6. The maximum Gasteiger partial charge on any atom is 0.278 e. The zero-order valence-corrected chi connectivity index (χ0v) is 9.96. The van der Waals surface area contributed by atoms with Crippen LogP contribution in [0.3, 0.4) is 0 Å². The Labute approximate surface area is 102 Å². The van der Waals surface area contributed by atoms with E-state index >= 15 is 0 Å². The van der Waals surface area contributed by atoms with Gasteiger partial charge in [0, 0.05) is 22.5 Å². The predicted octanol–water partition coefficient (Wildman–Crippen LogP) is 2.92. The molecule has 1 aliphatic heterocycles. The molecule has 1 amide bonds. The molecule has 0 aromatic heterocycles. The maximum atomic E-state index is 12.0. The lowest BCUT2D eigenvalue weighted by molar-refractivity contribution is 0.0826. The Morgan fingerprint density at radius 3 is 2.75 bits per heavy atom. The number of hydrazone groups is 1. The van der Waals surface area contributed by atoms with E-state index in [0.29, 0.717) is 5.56 Å². The van der Waals surface area contributed by atoms with Crippen molar-refractivity contribution in [1.29, 1.82) is 0 Å². The van der Waals surface area contributed by atoms with Crippen molar-refractivity contribution >= 4 is 28.1 Å². The van der Waals surface area contributed by atoms with Crippen LogP contribution in [0.15, 0.2) is 58.3 Å². The van der Waals surface area contributed by atoms with Crippen molar-refractivity contribution in [3.63, 3.8) is 0 Å². The van der Waals surface area contributed by atoms with Crippen molar-refractivity contribution in [2.45, 2.75) is 0 Å². The molecule has 0 aliphatic carbocycles. The molecular formula is C12H9BrN2O. The number of rotatable bonds is 1. The van der Waals surface area contributed by atoms with E-state index in [9.17, 15) is 4.79 Å². The second kappa shape index (κ2) is 4.90. The van der Waals surface area contributed by atoms with Crippen LogP contribution < -0.4 is 0 Å². The van der Waals surface area contributed by atoms with Crippen molar-refractivity contribution in [2.24, 2.45) is 5.10 Å². The highest BCUT2D eigenvalue weighted by Crippen LogP contribution is 2.13. The zero-order chi connectivity index (χ0) is 11.4. The fraction of sp³-hybridized carbons (Fsp3) is 0. The minimum atomic E-state index is -0.155. The highest BCUT2D eigenvalue weighted by molar-refractivity contribution is 9.11. The van der Waals surface area contributed by atoms with Gasteiger partial charge in [0.25, 0.3) is 5.91 Å². The van der Waals surface area contributed by atoms with Gasteiger partial charge in [0.1, 0.15) is 0 Å². The highest BCUT2D eigenvalue weighted by atomic mass is 79.9. The van der Waals surface area contributed by atoms with Gasteiger partial charge in [0.05, 0.1) is 0 Å². The van der Waals surface area contributed by atoms with Crippen LogP contribution in [0.1, 0.15) is 10.4 Å². The minimum absolute atomic E-state index is 0.155. The molecule has 3 nitrogen and oxygen atoms in total. The van der Waals surface area contributed by atoms with Crippen LogP contribution in [-0.4, -0.2) is 17.1 Å². The van der Waals surface area contributed by atoms with Crippen LogP contribution >= 0.6 is 15.9 Å². The second-order valence-corrected chi connectivity index (χ2v) is 4.07. The largest absolute Gasteiger partial charge is 0.278 e. The number of carbonyl (C=O) groups excluding carboxylic acids is 1. The summed E-state index contributed by atoms with van der Waals surface area (Å²) in [5, 5.41) is 5.32. The van der Waals surface area contributed by atoms with Gasteiger partial charge in [0.15, 0.2) is 0 Å². The number of halogens is 1. The lowest BCUT2D eigenvalue weighted by atomic mass is 10.2. The molecule has 0 spiro atoms. The molecular weight excluding hydrogens is 268 g/mol. The third kappa shape index (κ3) is 2.46. The summed E-state index contributed by atoms with van der Waals surface area (Å²) in [6, 6.07) is 9.04. The molecule has 1 aromatic carbocycles. The SMILES string of the molecule is O=C(c1ccccc1)N1C=C(Br)C=CC=N1. The highest BCUT2D eigenvalue weighted by Gasteiger charge is 2.13. The summed E-state index contributed by atoms with van der Waals surface area (Å²) < 4.78 is 0.800. The van der Waals surface area contributed by atoms with Crippen molar-refractivity contribution in [2.75, 3.05) is 0 Å². The van der Waals surface area contributed by atoms with Gasteiger partial charge in [-0.15, -0.1) is 0 Å². The van der Waals surface area contributed by atoms with Crippen molar-refractivity contribution in [3.8, 4) is 0 Å². The van der Waals surface area contributed by atoms with Gasteiger partial charge in [-0.05, 0) is 40.2 Å². The fourth-order valence-corrected chi connectivity index (χ4v) is 1.61. The van der Waals surface area contributed by atoms with Gasteiger partial charge in [-0.3, -0.25) is 4.79 Å². The molecule has 0 bridgehead atoms. The first kappa shape index (κ1) is 10.8. The minimum Gasteiger partial charge on any atom is -0.267 e. The van der Waals surface area contributed by atoms with E-state index in [1.165, 1.54) is 5.01 Å². The summed E-state index contributed by atoms with van der Waals surface area (Å²) in [6.07, 6.45) is 6.79. The van der Waals surface area contributed by atoms with Crippen LogP contribution in [0.5, 0.6) is 0 Å². The number of hydrogen-bond donors (Lipinski definition) is 0. The molecule has 0 radical (unpaired) electrons. The first-order valence-corrected chi connectivity index (χ1v) is 5.53. The maximum absolute atomic E-state index is 12.0. The Morgan fingerprint density at radius 1 is 1.25 bits per heavy atom. The van der Waals surface area contributed by atoms with E-state index < -0.39 is 0 Å². The fourth-order valence-electron chi connectivity index (χ4n) is 1.26. The van der Waals surface area contributed by atoms with Gasteiger partial charge < -0.3 is 0 Å². The monoisotopic (exact) mass is 276 g/mol. The third-order valence-electron chi connectivity index (χ3n) is 2.01.